The van der Waals surface area contributed by atoms with Gasteiger partial charge in [0.25, 0.3) is 5.69 Å². The van der Waals surface area contributed by atoms with E-state index in [0.717, 1.165) is 0 Å². The van der Waals surface area contributed by atoms with Gasteiger partial charge in [-0.1, -0.05) is 39.1 Å². The Kier molecular flexibility index (Phi) is 5.62. The van der Waals surface area contributed by atoms with E-state index >= 15 is 0 Å². The van der Waals surface area contributed by atoms with Crippen LogP contribution in [0, 0.1) is 10.1 Å². The van der Waals surface area contributed by atoms with Crippen molar-refractivity contribution in [1.82, 2.24) is 0 Å². The predicted molar refractivity (Wildman–Crippen MR) is 108 cm³/mol. The summed E-state index contributed by atoms with van der Waals surface area (Å²) in [6.45, 7) is 0. The highest BCUT2D eigenvalue weighted by Crippen LogP contribution is 2.33. The summed E-state index contributed by atoms with van der Waals surface area (Å²) >= 11 is 16.7. The molecule has 1 heterocycles. The largest absolute Gasteiger partial charge is 0.350 e. The molecule has 0 aliphatic carbocycles. The summed E-state index contributed by atoms with van der Waals surface area (Å²) in [6, 6.07) is 11.1. The van der Waals surface area contributed by atoms with E-state index in [4.69, 9.17) is 23.2 Å². The smallest absolute Gasteiger partial charge is 0.293 e. The minimum atomic E-state index is -0.481. The van der Waals surface area contributed by atoms with Crippen LogP contribution in [0.3, 0.4) is 0 Å². The number of carbonyl (C=O) groups is 1. The highest BCUT2D eigenvalue weighted by molar-refractivity contribution is 9.10. The van der Waals surface area contributed by atoms with Crippen LogP contribution >= 0.6 is 50.5 Å². The maximum Gasteiger partial charge on any atom is 0.293 e. The van der Waals surface area contributed by atoms with Gasteiger partial charge in [0.15, 0.2) is 0 Å². The van der Waals surface area contributed by atoms with Crippen molar-refractivity contribution in [2.24, 2.45) is 0 Å². The molecule has 0 aliphatic rings. The molecule has 0 saturated heterocycles. The van der Waals surface area contributed by atoms with E-state index in [1.165, 1.54) is 17.4 Å². The fourth-order valence-electron chi connectivity index (χ4n) is 2.27. The zero-order chi connectivity index (χ0) is 18.8. The summed E-state index contributed by atoms with van der Waals surface area (Å²) in [5, 5.41) is 16.5. The standard InChI is InChI=1S/C17H9BrCl2N2O3S/c18-9-1-4-14(15(7-9)22(24)25)21-10-2-3-11(13(20)8-10)16(23)17-12(19)5-6-26-17/h1-8,21H. The summed E-state index contributed by atoms with van der Waals surface area (Å²) < 4.78 is 0.599. The Morgan fingerprint density at radius 2 is 1.88 bits per heavy atom. The minimum Gasteiger partial charge on any atom is -0.350 e. The van der Waals surface area contributed by atoms with Crippen molar-refractivity contribution in [1.29, 1.82) is 0 Å². The predicted octanol–water partition coefficient (Wildman–Crippen LogP) is 6.70. The SMILES string of the molecule is O=C(c1ccc(Nc2ccc(Br)cc2[N+](=O)[O-])cc1Cl)c1sccc1Cl. The zero-order valence-corrected chi connectivity index (χ0v) is 16.7. The first-order valence-electron chi connectivity index (χ1n) is 7.15. The van der Waals surface area contributed by atoms with Gasteiger partial charge in [-0.3, -0.25) is 14.9 Å². The molecule has 1 N–H and O–H groups in total. The lowest BCUT2D eigenvalue weighted by molar-refractivity contribution is -0.384. The molecule has 5 nitrogen and oxygen atoms in total. The van der Waals surface area contributed by atoms with Crippen molar-refractivity contribution < 1.29 is 9.72 Å². The third-order valence-corrected chi connectivity index (χ3v) is 5.62. The second-order valence-corrected chi connectivity index (χ2v) is 7.81. The lowest BCUT2D eigenvalue weighted by Gasteiger charge is -2.10. The zero-order valence-electron chi connectivity index (χ0n) is 12.8. The number of carbonyl (C=O) groups excluding carboxylic acids is 1. The molecule has 0 fully saturated rings. The van der Waals surface area contributed by atoms with Crippen LogP contribution in [0.15, 0.2) is 52.3 Å². The Labute approximate surface area is 170 Å². The first-order valence-corrected chi connectivity index (χ1v) is 9.58. The Balaban J connectivity index is 1.91. The van der Waals surface area contributed by atoms with Gasteiger partial charge >= 0.3 is 0 Å². The van der Waals surface area contributed by atoms with E-state index in [0.29, 0.717) is 31.3 Å². The number of halogens is 3. The fourth-order valence-corrected chi connectivity index (χ4v) is 3.98. The number of benzene rings is 2. The minimum absolute atomic E-state index is 0.0824. The summed E-state index contributed by atoms with van der Waals surface area (Å²) in [4.78, 5) is 23.7. The lowest BCUT2D eigenvalue weighted by Crippen LogP contribution is -2.02. The van der Waals surface area contributed by atoms with Crippen LogP contribution in [0.4, 0.5) is 17.1 Å². The molecule has 2 aromatic carbocycles. The van der Waals surface area contributed by atoms with E-state index < -0.39 is 4.92 Å². The van der Waals surface area contributed by atoms with Crippen LogP contribution in [-0.2, 0) is 0 Å². The number of thiophene rings is 1. The van der Waals surface area contributed by atoms with Gasteiger partial charge in [-0.15, -0.1) is 11.3 Å². The van der Waals surface area contributed by atoms with Crippen LogP contribution in [0.1, 0.15) is 15.2 Å². The molecule has 0 bridgehead atoms. The number of nitro benzene ring substituents is 1. The first-order chi connectivity index (χ1) is 12.4. The quantitative estimate of drug-likeness (QED) is 0.255. The van der Waals surface area contributed by atoms with Crippen LogP contribution in [-0.4, -0.2) is 10.7 Å². The van der Waals surface area contributed by atoms with Crippen molar-refractivity contribution in [3.05, 3.63) is 82.9 Å². The third-order valence-electron chi connectivity index (χ3n) is 3.47. The molecule has 0 saturated carbocycles. The third kappa shape index (κ3) is 3.91. The molecule has 0 spiro atoms. The Morgan fingerprint density at radius 3 is 2.50 bits per heavy atom. The van der Waals surface area contributed by atoms with E-state index in [1.807, 2.05) is 0 Å². The number of nitrogens with zero attached hydrogens (tertiary/aromatic N) is 1. The number of hydrogen-bond donors (Lipinski definition) is 1. The number of nitro groups is 1. The first kappa shape index (κ1) is 18.8. The molecular weight excluding hydrogens is 463 g/mol. The van der Waals surface area contributed by atoms with Crippen LogP contribution in [0.25, 0.3) is 0 Å². The molecule has 0 aliphatic heterocycles. The van der Waals surface area contributed by atoms with Gasteiger partial charge in [-0.25, -0.2) is 0 Å². The molecule has 132 valence electrons. The van der Waals surface area contributed by atoms with E-state index in [9.17, 15) is 14.9 Å². The highest BCUT2D eigenvalue weighted by atomic mass is 79.9. The van der Waals surface area contributed by atoms with Crippen molar-refractivity contribution in [3.8, 4) is 0 Å². The van der Waals surface area contributed by atoms with E-state index in [-0.39, 0.29) is 16.5 Å². The second-order valence-electron chi connectivity index (χ2n) is 5.16. The number of hydrogen-bond acceptors (Lipinski definition) is 5. The van der Waals surface area contributed by atoms with Gasteiger partial charge in [0, 0.05) is 21.8 Å². The van der Waals surface area contributed by atoms with E-state index in [2.05, 4.69) is 21.2 Å². The Morgan fingerprint density at radius 1 is 1.12 bits per heavy atom. The maximum atomic E-state index is 12.5. The van der Waals surface area contributed by atoms with Crippen LogP contribution in [0.2, 0.25) is 10.0 Å². The second kappa shape index (κ2) is 7.75. The van der Waals surface area contributed by atoms with Crippen molar-refractivity contribution >= 4 is 73.3 Å². The monoisotopic (exact) mass is 470 g/mol. The Hall–Kier alpha value is -1.93. The molecule has 1 aromatic heterocycles. The molecule has 0 amide bonds. The molecular formula is C17H9BrCl2N2O3S. The van der Waals surface area contributed by atoms with Gasteiger partial charge < -0.3 is 5.32 Å². The van der Waals surface area contributed by atoms with Gasteiger partial charge in [0.1, 0.15) is 5.69 Å². The fraction of sp³-hybridized carbons (Fsp3) is 0. The number of anilines is 2. The van der Waals surface area contributed by atoms with Crippen molar-refractivity contribution in [2.75, 3.05) is 5.32 Å². The van der Waals surface area contributed by atoms with Crippen molar-refractivity contribution in [2.45, 2.75) is 0 Å². The maximum absolute atomic E-state index is 12.5. The van der Waals surface area contributed by atoms with Crippen LogP contribution < -0.4 is 5.32 Å². The molecule has 26 heavy (non-hydrogen) atoms. The summed E-state index contributed by atoms with van der Waals surface area (Å²) in [7, 11) is 0. The average Bonchev–Trinajstić information content (AvgIpc) is 3.02. The average molecular weight is 472 g/mol. The summed E-state index contributed by atoms with van der Waals surface area (Å²) in [5.74, 6) is -0.267. The van der Waals surface area contributed by atoms with Gasteiger partial charge in [0.05, 0.1) is 19.8 Å². The molecule has 0 unspecified atom stereocenters. The summed E-state index contributed by atoms with van der Waals surface area (Å²) in [5.41, 5.74) is 1.07. The Bertz CT molecular complexity index is 1020. The van der Waals surface area contributed by atoms with Gasteiger partial charge in [0.2, 0.25) is 5.78 Å². The highest BCUT2D eigenvalue weighted by Gasteiger charge is 2.19. The number of ketones is 1. The summed E-state index contributed by atoms with van der Waals surface area (Å²) in [6.07, 6.45) is 0. The normalized spacial score (nSPS) is 10.6. The number of rotatable bonds is 5. The molecule has 0 radical (unpaired) electrons. The molecule has 0 atom stereocenters. The number of nitrogens with one attached hydrogen (secondary N) is 1. The topological polar surface area (TPSA) is 72.2 Å². The van der Waals surface area contributed by atoms with Crippen LogP contribution in [0.5, 0.6) is 0 Å². The lowest BCUT2D eigenvalue weighted by atomic mass is 10.1. The molecule has 9 heteroatoms. The van der Waals surface area contributed by atoms with E-state index in [1.54, 1.807) is 41.8 Å². The van der Waals surface area contributed by atoms with Crippen molar-refractivity contribution in [3.63, 3.8) is 0 Å². The van der Waals surface area contributed by atoms with Gasteiger partial charge in [-0.2, -0.15) is 0 Å². The molecule has 3 aromatic rings. The molecule has 3 rings (SSSR count). The van der Waals surface area contributed by atoms with Gasteiger partial charge in [-0.05, 0) is 41.8 Å².